The van der Waals surface area contributed by atoms with Crippen molar-refractivity contribution in [2.24, 2.45) is 0 Å². The van der Waals surface area contributed by atoms with E-state index >= 15 is 0 Å². The zero-order chi connectivity index (χ0) is 24.1. The number of hydrogen-bond donors (Lipinski definition) is 3. The van der Waals surface area contributed by atoms with Crippen molar-refractivity contribution in [1.29, 1.82) is 0 Å². The van der Waals surface area contributed by atoms with Crippen molar-refractivity contribution in [3.63, 3.8) is 0 Å². The molecule has 2 unspecified atom stereocenters. The van der Waals surface area contributed by atoms with Crippen LogP contribution in [0.4, 0.5) is 11.4 Å². The van der Waals surface area contributed by atoms with E-state index in [2.05, 4.69) is 10.2 Å². The standard InChI is InChI=1S/C26H38N4O3/c1-17-15-23(18(2)19(3)25(17)27)33-20(4)26(32)28-21-11-13-30(14-12-21)16-24(31)29(5)22-9-7-6-8-10-22/h6-10,15,20-21,24,31H,11-14,16,27H2,1-5H3,(H,28,32). The lowest BCUT2D eigenvalue weighted by molar-refractivity contribution is -0.128. The number of nitrogens with two attached hydrogens (primary N) is 1. The molecule has 1 heterocycles. The molecule has 33 heavy (non-hydrogen) atoms. The molecule has 0 radical (unpaired) electrons. The van der Waals surface area contributed by atoms with Gasteiger partial charge in [-0.1, -0.05) is 18.2 Å². The van der Waals surface area contributed by atoms with Gasteiger partial charge in [0.05, 0.1) is 0 Å². The lowest BCUT2D eigenvalue weighted by Crippen LogP contribution is -2.50. The number of aryl methyl sites for hydroxylation is 1. The van der Waals surface area contributed by atoms with E-state index in [4.69, 9.17) is 10.5 Å². The fraction of sp³-hybridized carbons (Fsp3) is 0.500. The minimum Gasteiger partial charge on any atom is -0.481 e. The number of benzene rings is 2. The third-order valence-electron chi connectivity index (χ3n) is 6.75. The number of likely N-dealkylation sites (tertiary alicyclic amines) is 1. The number of aliphatic hydroxyl groups is 1. The van der Waals surface area contributed by atoms with Crippen LogP contribution in [0, 0.1) is 20.8 Å². The number of β-amino-alcohol motifs (C(OH)–C–C–N with tert-alkyl or cyclic N) is 1. The predicted octanol–water partition coefficient (Wildman–Crippen LogP) is 3.00. The number of aliphatic hydroxyl groups excluding tert-OH is 1. The van der Waals surface area contributed by atoms with Gasteiger partial charge in [0.1, 0.15) is 12.0 Å². The van der Waals surface area contributed by atoms with Gasteiger partial charge < -0.3 is 25.8 Å². The molecule has 0 saturated carbocycles. The Hall–Kier alpha value is -2.77. The highest BCUT2D eigenvalue weighted by Gasteiger charge is 2.26. The normalized spacial score (nSPS) is 16.8. The number of nitrogen functional groups attached to an aromatic ring is 1. The SMILES string of the molecule is Cc1cc(OC(C)C(=O)NC2CCN(CC(O)N(C)c3ccccc3)CC2)c(C)c(C)c1N. The van der Waals surface area contributed by atoms with Crippen LogP contribution in [0.3, 0.4) is 0 Å². The van der Waals surface area contributed by atoms with E-state index in [-0.39, 0.29) is 11.9 Å². The molecule has 0 aliphatic carbocycles. The molecule has 1 fully saturated rings. The van der Waals surface area contributed by atoms with Crippen molar-refractivity contribution in [2.75, 3.05) is 37.3 Å². The number of carbonyl (C=O) groups excluding carboxylic acids is 1. The summed E-state index contributed by atoms with van der Waals surface area (Å²) in [6.07, 6.45) is 0.520. The minimum atomic E-state index is -0.592. The fourth-order valence-electron chi connectivity index (χ4n) is 4.20. The van der Waals surface area contributed by atoms with Gasteiger partial charge >= 0.3 is 0 Å². The molecule has 1 aliphatic heterocycles. The number of ether oxygens (including phenoxy) is 1. The molecule has 0 aromatic heterocycles. The predicted molar refractivity (Wildman–Crippen MR) is 134 cm³/mol. The number of nitrogens with zero attached hydrogens (tertiary/aromatic N) is 2. The van der Waals surface area contributed by atoms with Crippen LogP contribution in [0.5, 0.6) is 5.75 Å². The largest absolute Gasteiger partial charge is 0.481 e. The number of piperidine rings is 1. The molecule has 2 aromatic rings. The molecule has 1 aliphatic rings. The third-order valence-corrected chi connectivity index (χ3v) is 6.75. The maximum Gasteiger partial charge on any atom is 0.260 e. The number of anilines is 2. The van der Waals surface area contributed by atoms with Gasteiger partial charge in [0.2, 0.25) is 0 Å². The first-order valence-electron chi connectivity index (χ1n) is 11.7. The summed E-state index contributed by atoms with van der Waals surface area (Å²) in [5.74, 6) is 0.594. The Morgan fingerprint density at radius 3 is 2.48 bits per heavy atom. The van der Waals surface area contributed by atoms with Gasteiger partial charge in [-0.2, -0.15) is 0 Å². The second kappa shape index (κ2) is 10.9. The molecule has 7 heteroatoms. The molecular weight excluding hydrogens is 416 g/mol. The van der Waals surface area contributed by atoms with Gasteiger partial charge in [-0.15, -0.1) is 0 Å². The van der Waals surface area contributed by atoms with Crippen molar-refractivity contribution in [1.82, 2.24) is 10.2 Å². The fourth-order valence-corrected chi connectivity index (χ4v) is 4.20. The molecular formula is C26H38N4O3. The average molecular weight is 455 g/mol. The van der Waals surface area contributed by atoms with Crippen molar-refractivity contribution in [2.45, 2.75) is 58.9 Å². The van der Waals surface area contributed by atoms with Crippen molar-refractivity contribution in [3.05, 3.63) is 53.1 Å². The molecule has 0 spiro atoms. The molecule has 180 valence electrons. The van der Waals surface area contributed by atoms with Crippen molar-refractivity contribution in [3.8, 4) is 5.75 Å². The summed E-state index contributed by atoms with van der Waals surface area (Å²) in [7, 11) is 1.90. The lowest BCUT2D eigenvalue weighted by Gasteiger charge is -2.36. The molecule has 2 atom stereocenters. The first kappa shape index (κ1) is 24.9. The summed E-state index contributed by atoms with van der Waals surface area (Å²) in [5, 5.41) is 13.7. The van der Waals surface area contributed by atoms with E-state index in [1.807, 2.05) is 69.1 Å². The van der Waals surface area contributed by atoms with E-state index in [1.165, 1.54) is 0 Å². The molecule has 0 bridgehead atoms. The summed E-state index contributed by atoms with van der Waals surface area (Å²) >= 11 is 0. The number of hydrogen-bond acceptors (Lipinski definition) is 6. The van der Waals surface area contributed by atoms with Gasteiger partial charge in [-0.3, -0.25) is 9.69 Å². The van der Waals surface area contributed by atoms with Crippen molar-refractivity contribution >= 4 is 17.3 Å². The second-order valence-corrected chi connectivity index (χ2v) is 9.13. The summed E-state index contributed by atoms with van der Waals surface area (Å²) in [6.45, 7) is 9.88. The quantitative estimate of drug-likeness (QED) is 0.420. The minimum absolute atomic E-state index is 0.108. The Morgan fingerprint density at radius 2 is 1.85 bits per heavy atom. The lowest BCUT2D eigenvalue weighted by atomic mass is 10.0. The topological polar surface area (TPSA) is 91.1 Å². The van der Waals surface area contributed by atoms with E-state index in [1.54, 1.807) is 6.92 Å². The van der Waals surface area contributed by atoms with E-state index < -0.39 is 12.3 Å². The summed E-state index contributed by atoms with van der Waals surface area (Å²) < 4.78 is 5.99. The van der Waals surface area contributed by atoms with E-state index in [9.17, 15) is 9.90 Å². The number of nitrogens with one attached hydrogen (secondary N) is 1. The highest BCUT2D eigenvalue weighted by atomic mass is 16.5. The Kier molecular flexibility index (Phi) is 8.21. The summed E-state index contributed by atoms with van der Waals surface area (Å²) in [5.41, 5.74) is 10.8. The molecule has 7 nitrogen and oxygen atoms in total. The molecule has 3 rings (SSSR count). The van der Waals surface area contributed by atoms with Crippen molar-refractivity contribution < 1.29 is 14.6 Å². The Bertz CT molecular complexity index is 942. The molecule has 2 aromatic carbocycles. The first-order chi connectivity index (χ1) is 15.7. The van der Waals surface area contributed by atoms with Gasteiger partial charge in [0, 0.05) is 44.1 Å². The van der Waals surface area contributed by atoms with Crippen LogP contribution < -0.4 is 20.7 Å². The number of para-hydroxylation sites is 1. The summed E-state index contributed by atoms with van der Waals surface area (Å²) in [6, 6.07) is 11.9. The second-order valence-electron chi connectivity index (χ2n) is 9.13. The maximum atomic E-state index is 12.7. The van der Waals surface area contributed by atoms with Crippen LogP contribution in [0.2, 0.25) is 0 Å². The van der Waals surface area contributed by atoms with E-state index in [0.29, 0.717) is 12.3 Å². The number of amides is 1. The van der Waals surface area contributed by atoms with Crippen LogP contribution in [0.1, 0.15) is 36.5 Å². The Balaban J connectivity index is 1.46. The van der Waals surface area contributed by atoms with Crippen LogP contribution in [0.15, 0.2) is 36.4 Å². The van der Waals surface area contributed by atoms with Crippen LogP contribution in [-0.2, 0) is 4.79 Å². The van der Waals surface area contributed by atoms with Crippen LogP contribution in [0.25, 0.3) is 0 Å². The number of likely N-dealkylation sites (N-methyl/N-ethyl adjacent to an activating group) is 1. The monoisotopic (exact) mass is 454 g/mol. The third kappa shape index (κ3) is 6.18. The average Bonchev–Trinajstić information content (AvgIpc) is 2.82. The van der Waals surface area contributed by atoms with Crippen LogP contribution >= 0.6 is 0 Å². The Morgan fingerprint density at radius 1 is 1.21 bits per heavy atom. The Labute approximate surface area is 197 Å². The zero-order valence-corrected chi connectivity index (χ0v) is 20.5. The zero-order valence-electron chi connectivity index (χ0n) is 20.5. The molecule has 1 amide bonds. The maximum absolute atomic E-state index is 12.7. The molecule has 1 saturated heterocycles. The van der Waals surface area contributed by atoms with E-state index in [0.717, 1.165) is 54.0 Å². The smallest absolute Gasteiger partial charge is 0.260 e. The highest BCUT2D eigenvalue weighted by molar-refractivity contribution is 5.81. The van der Waals surface area contributed by atoms with Gasteiger partial charge in [0.15, 0.2) is 6.10 Å². The van der Waals surface area contributed by atoms with Gasteiger partial charge in [-0.05, 0) is 75.4 Å². The van der Waals surface area contributed by atoms with Crippen LogP contribution in [-0.4, -0.2) is 61.0 Å². The van der Waals surface area contributed by atoms with Gasteiger partial charge in [-0.25, -0.2) is 0 Å². The number of rotatable bonds is 8. The highest BCUT2D eigenvalue weighted by Crippen LogP contribution is 2.30. The molecule has 4 N–H and O–H groups in total. The number of carbonyl (C=O) groups is 1. The first-order valence-corrected chi connectivity index (χ1v) is 11.7. The van der Waals surface area contributed by atoms with Gasteiger partial charge in [0.25, 0.3) is 5.91 Å². The summed E-state index contributed by atoms with van der Waals surface area (Å²) in [4.78, 5) is 16.9.